The van der Waals surface area contributed by atoms with E-state index in [0.29, 0.717) is 12.0 Å². The standard InChI is InChI=1S/C13H8FNO4/c14-10-1-4-12(5-2-10)19-13-6-3-11(15(17)18)7-9(13)8-16/h1-8H. The average Bonchev–Trinajstić information content (AvgIpc) is 2.41. The number of non-ortho nitro benzene ring substituents is 1. The molecular formula is C13H8FNO4. The number of ether oxygens (including phenoxy) is 1. The predicted molar refractivity (Wildman–Crippen MR) is 65.0 cm³/mol. The van der Waals surface area contributed by atoms with Crippen LogP contribution in [0.25, 0.3) is 0 Å². The van der Waals surface area contributed by atoms with Crippen molar-refractivity contribution in [1.82, 2.24) is 0 Å². The third-order valence-corrected chi connectivity index (χ3v) is 2.37. The van der Waals surface area contributed by atoms with Gasteiger partial charge in [-0.1, -0.05) is 0 Å². The Morgan fingerprint density at radius 2 is 1.84 bits per heavy atom. The normalized spacial score (nSPS) is 9.95. The molecule has 0 saturated heterocycles. The molecule has 0 saturated carbocycles. The molecular weight excluding hydrogens is 253 g/mol. The zero-order chi connectivity index (χ0) is 13.8. The fraction of sp³-hybridized carbons (Fsp3) is 0. The molecule has 0 aliphatic rings. The maximum atomic E-state index is 12.7. The van der Waals surface area contributed by atoms with E-state index in [4.69, 9.17) is 4.74 Å². The van der Waals surface area contributed by atoms with Crippen LogP contribution in [-0.4, -0.2) is 11.2 Å². The second-order valence-electron chi connectivity index (χ2n) is 3.65. The molecule has 0 radical (unpaired) electrons. The van der Waals surface area contributed by atoms with Crippen LogP contribution in [0, 0.1) is 15.9 Å². The predicted octanol–water partition coefficient (Wildman–Crippen LogP) is 3.34. The monoisotopic (exact) mass is 261 g/mol. The average molecular weight is 261 g/mol. The van der Waals surface area contributed by atoms with Crippen LogP contribution in [0.4, 0.5) is 10.1 Å². The topological polar surface area (TPSA) is 69.4 Å². The first-order valence-corrected chi connectivity index (χ1v) is 5.27. The third-order valence-electron chi connectivity index (χ3n) is 2.37. The van der Waals surface area contributed by atoms with Crippen LogP contribution in [0.15, 0.2) is 42.5 Å². The van der Waals surface area contributed by atoms with Crippen molar-refractivity contribution in [2.75, 3.05) is 0 Å². The van der Waals surface area contributed by atoms with E-state index in [0.717, 1.165) is 6.07 Å². The van der Waals surface area contributed by atoms with E-state index in [1.165, 1.54) is 36.4 Å². The van der Waals surface area contributed by atoms with Gasteiger partial charge in [-0.15, -0.1) is 0 Å². The highest BCUT2D eigenvalue weighted by atomic mass is 19.1. The Bertz CT molecular complexity index is 625. The minimum absolute atomic E-state index is 0.0542. The van der Waals surface area contributed by atoms with Crippen molar-refractivity contribution in [2.45, 2.75) is 0 Å². The number of carbonyl (C=O) groups is 1. The number of hydrogen-bond acceptors (Lipinski definition) is 4. The molecule has 0 aliphatic carbocycles. The Morgan fingerprint density at radius 1 is 1.16 bits per heavy atom. The third kappa shape index (κ3) is 2.92. The molecule has 5 nitrogen and oxygen atoms in total. The zero-order valence-corrected chi connectivity index (χ0v) is 9.58. The highest BCUT2D eigenvalue weighted by molar-refractivity contribution is 5.80. The van der Waals surface area contributed by atoms with Gasteiger partial charge in [0.25, 0.3) is 5.69 Å². The van der Waals surface area contributed by atoms with Crippen LogP contribution < -0.4 is 4.74 Å². The van der Waals surface area contributed by atoms with Crippen LogP contribution in [0.1, 0.15) is 10.4 Å². The number of aldehydes is 1. The molecule has 0 amide bonds. The van der Waals surface area contributed by atoms with E-state index < -0.39 is 10.7 Å². The van der Waals surface area contributed by atoms with Crippen molar-refractivity contribution in [1.29, 1.82) is 0 Å². The molecule has 19 heavy (non-hydrogen) atoms. The van der Waals surface area contributed by atoms with Crippen LogP contribution in [0.2, 0.25) is 0 Å². The molecule has 0 aliphatic heterocycles. The smallest absolute Gasteiger partial charge is 0.270 e. The fourth-order valence-corrected chi connectivity index (χ4v) is 1.46. The molecule has 0 aromatic heterocycles. The Kier molecular flexibility index (Phi) is 3.51. The van der Waals surface area contributed by atoms with Gasteiger partial charge in [-0.2, -0.15) is 0 Å². The number of rotatable bonds is 4. The second-order valence-corrected chi connectivity index (χ2v) is 3.65. The van der Waals surface area contributed by atoms with Crippen LogP contribution >= 0.6 is 0 Å². The van der Waals surface area contributed by atoms with E-state index in [-0.39, 0.29) is 17.0 Å². The number of nitro benzene ring substituents is 1. The number of carbonyl (C=O) groups excluding carboxylic acids is 1. The maximum absolute atomic E-state index is 12.7. The SMILES string of the molecule is O=Cc1cc([N+](=O)[O-])ccc1Oc1ccc(F)cc1. The zero-order valence-electron chi connectivity index (χ0n) is 9.58. The van der Waals surface area contributed by atoms with Gasteiger partial charge in [0.1, 0.15) is 17.3 Å². The van der Waals surface area contributed by atoms with Crippen LogP contribution in [-0.2, 0) is 0 Å². The molecule has 0 fully saturated rings. The summed E-state index contributed by atoms with van der Waals surface area (Å²) in [5.74, 6) is 0.0946. The lowest BCUT2D eigenvalue weighted by atomic mass is 10.2. The van der Waals surface area contributed by atoms with Gasteiger partial charge in [-0.25, -0.2) is 4.39 Å². The molecule has 0 bridgehead atoms. The number of nitro groups is 1. The molecule has 2 aromatic rings. The van der Waals surface area contributed by atoms with Crippen molar-refractivity contribution in [2.24, 2.45) is 0 Å². The van der Waals surface area contributed by atoms with Gasteiger partial charge in [-0.3, -0.25) is 14.9 Å². The minimum atomic E-state index is -0.603. The first kappa shape index (κ1) is 12.7. The number of halogens is 1. The van der Waals surface area contributed by atoms with Crippen molar-refractivity contribution < 1.29 is 18.8 Å². The van der Waals surface area contributed by atoms with Gasteiger partial charge in [-0.05, 0) is 30.3 Å². The van der Waals surface area contributed by atoms with Gasteiger partial charge in [0.15, 0.2) is 6.29 Å². The second kappa shape index (κ2) is 5.26. The van der Waals surface area contributed by atoms with E-state index in [9.17, 15) is 19.3 Å². The van der Waals surface area contributed by atoms with Gasteiger partial charge >= 0.3 is 0 Å². The molecule has 0 unspecified atom stereocenters. The van der Waals surface area contributed by atoms with Crippen LogP contribution in [0.5, 0.6) is 11.5 Å². The summed E-state index contributed by atoms with van der Waals surface area (Å²) in [5.41, 5.74) is -0.146. The minimum Gasteiger partial charge on any atom is -0.457 e. The molecule has 2 aromatic carbocycles. The molecule has 2 rings (SSSR count). The summed E-state index contributed by atoms with van der Waals surface area (Å²) < 4.78 is 18.1. The van der Waals surface area contributed by atoms with Gasteiger partial charge < -0.3 is 4.74 Å². The lowest BCUT2D eigenvalue weighted by Crippen LogP contribution is -1.94. The number of benzene rings is 2. The van der Waals surface area contributed by atoms with Gasteiger partial charge in [0, 0.05) is 12.1 Å². The summed E-state index contributed by atoms with van der Waals surface area (Å²) in [7, 11) is 0. The summed E-state index contributed by atoms with van der Waals surface area (Å²) in [6.07, 6.45) is 0.464. The Labute approximate surface area is 107 Å². The van der Waals surface area contributed by atoms with Gasteiger partial charge in [0.05, 0.1) is 10.5 Å². The number of nitrogens with zero attached hydrogens (tertiary/aromatic N) is 1. The van der Waals surface area contributed by atoms with Crippen molar-refractivity contribution in [3.63, 3.8) is 0 Å². The lowest BCUT2D eigenvalue weighted by Gasteiger charge is -2.07. The van der Waals surface area contributed by atoms with E-state index in [1.54, 1.807) is 0 Å². The van der Waals surface area contributed by atoms with Crippen molar-refractivity contribution in [3.05, 3.63) is 64.0 Å². The number of hydrogen-bond donors (Lipinski definition) is 0. The highest BCUT2D eigenvalue weighted by Gasteiger charge is 2.11. The van der Waals surface area contributed by atoms with E-state index >= 15 is 0 Å². The summed E-state index contributed by atoms with van der Waals surface area (Å²) in [6.45, 7) is 0. The Morgan fingerprint density at radius 3 is 2.42 bits per heavy atom. The first-order valence-electron chi connectivity index (χ1n) is 5.27. The fourth-order valence-electron chi connectivity index (χ4n) is 1.46. The molecule has 0 heterocycles. The quantitative estimate of drug-likeness (QED) is 0.480. The molecule has 0 spiro atoms. The maximum Gasteiger partial charge on any atom is 0.270 e. The van der Waals surface area contributed by atoms with E-state index in [1.807, 2.05) is 0 Å². The lowest BCUT2D eigenvalue weighted by molar-refractivity contribution is -0.384. The summed E-state index contributed by atoms with van der Waals surface area (Å²) in [4.78, 5) is 20.9. The van der Waals surface area contributed by atoms with Crippen molar-refractivity contribution in [3.8, 4) is 11.5 Å². The molecule has 6 heteroatoms. The summed E-state index contributed by atoms with van der Waals surface area (Å²) >= 11 is 0. The van der Waals surface area contributed by atoms with E-state index in [2.05, 4.69) is 0 Å². The van der Waals surface area contributed by atoms with Crippen LogP contribution in [0.3, 0.4) is 0 Å². The largest absolute Gasteiger partial charge is 0.457 e. The Balaban J connectivity index is 2.32. The Hall–Kier alpha value is -2.76. The molecule has 0 atom stereocenters. The van der Waals surface area contributed by atoms with Gasteiger partial charge in [0.2, 0.25) is 0 Å². The summed E-state index contributed by atoms with van der Waals surface area (Å²) in [5, 5.41) is 10.6. The molecule has 0 N–H and O–H groups in total. The van der Waals surface area contributed by atoms with Crippen molar-refractivity contribution >= 4 is 12.0 Å². The highest BCUT2D eigenvalue weighted by Crippen LogP contribution is 2.27. The summed E-state index contributed by atoms with van der Waals surface area (Å²) in [6, 6.07) is 8.88. The molecule has 96 valence electrons. The first-order chi connectivity index (χ1) is 9.10.